The SMILES string of the molecule is COc1ccc(C2C(=N)NC(=O)N2C)c2ccccc12. The van der Waals surface area contributed by atoms with E-state index in [0.29, 0.717) is 0 Å². The highest BCUT2D eigenvalue weighted by molar-refractivity contribution is 6.08. The molecule has 5 nitrogen and oxygen atoms in total. The highest BCUT2D eigenvalue weighted by Gasteiger charge is 2.34. The molecule has 0 spiro atoms. The number of fused-ring (bicyclic) bond motifs is 1. The zero-order valence-corrected chi connectivity index (χ0v) is 11.3. The second-order valence-electron chi connectivity index (χ2n) is 4.76. The van der Waals surface area contributed by atoms with E-state index in [0.717, 1.165) is 22.1 Å². The van der Waals surface area contributed by atoms with E-state index in [-0.39, 0.29) is 17.9 Å². The van der Waals surface area contributed by atoms with E-state index < -0.39 is 0 Å². The Kier molecular flexibility index (Phi) is 2.82. The van der Waals surface area contributed by atoms with Crippen LogP contribution < -0.4 is 10.1 Å². The Morgan fingerprint density at radius 3 is 2.50 bits per heavy atom. The summed E-state index contributed by atoms with van der Waals surface area (Å²) in [4.78, 5) is 13.2. The van der Waals surface area contributed by atoms with Crippen LogP contribution in [0, 0.1) is 5.41 Å². The van der Waals surface area contributed by atoms with Crippen LogP contribution in [-0.2, 0) is 0 Å². The summed E-state index contributed by atoms with van der Waals surface area (Å²) in [6.07, 6.45) is 0. The smallest absolute Gasteiger partial charge is 0.323 e. The molecule has 3 rings (SSSR count). The predicted molar refractivity (Wildman–Crippen MR) is 77.3 cm³/mol. The van der Waals surface area contributed by atoms with E-state index in [1.807, 2.05) is 36.4 Å². The summed E-state index contributed by atoms with van der Waals surface area (Å²) in [5.41, 5.74) is 0.923. The van der Waals surface area contributed by atoms with Crippen molar-refractivity contribution in [2.75, 3.05) is 14.2 Å². The number of nitrogens with zero attached hydrogens (tertiary/aromatic N) is 1. The fourth-order valence-electron chi connectivity index (χ4n) is 2.66. The van der Waals surface area contributed by atoms with Crippen molar-refractivity contribution in [2.45, 2.75) is 6.04 Å². The third-order valence-corrected chi connectivity index (χ3v) is 3.65. The number of amides is 2. The lowest BCUT2D eigenvalue weighted by Crippen LogP contribution is -2.25. The molecule has 2 aromatic carbocycles. The van der Waals surface area contributed by atoms with Crippen LogP contribution in [0.25, 0.3) is 10.8 Å². The number of hydrogen-bond acceptors (Lipinski definition) is 3. The van der Waals surface area contributed by atoms with Crippen molar-refractivity contribution >= 4 is 22.6 Å². The number of amidine groups is 1. The number of benzene rings is 2. The molecule has 1 heterocycles. The van der Waals surface area contributed by atoms with E-state index in [9.17, 15) is 4.79 Å². The van der Waals surface area contributed by atoms with E-state index in [4.69, 9.17) is 10.1 Å². The average molecular weight is 269 g/mol. The van der Waals surface area contributed by atoms with Gasteiger partial charge in [0.15, 0.2) is 0 Å². The van der Waals surface area contributed by atoms with Gasteiger partial charge in [-0.15, -0.1) is 0 Å². The van der Waals surface area contributed by atoms with Crippen molar-refractivity contribution in [1.29, 1.82) is 5.41 Å². The van der Waals surface area contributed by atoms with Crippen LogP contribution in [0.4, 0.5) is 4.79 Å². The van der Waals surface area contributed by atoms with Gasteiger partial charge in [-0.05, 0) is 17.0 Å². The molecule has 2 aromatic rings. The van der Waals surface area contributed by atoms with Crippen LogP contribution in [-0.4, -0.2) is 30.9 Å². The molecular formula is C15H15N3O2. The highest BCUT2D eigenvalue weighted by atomic mass is 16.5. The monoisotopic (exact) mass is 269 g/mol. The first-order valence-corrected chi connectivity index (χ1v) is 6.31. The topological polar surface area (TPSA) is 65.4 Å². The van der Waals surface area contributed by atoms with Crippen molar-refractivity contribution < 1.29 is 9.53 Å². The lowest BCUT2D eigenvalue weighted by atomic mass is 9.97. The van der Waals surface area contributed by atoms with Gasteiger partial charge in [0.2, 0.25) is 0 Å². The molecule has 2 N–H and O–H groups in total. The fraction of sp³-hybridized carbons (Fsp3) is 0.200. The van der Waals surface area contributed by atoms with E-state index in [1.54, 1.807) is 14.2 Å². The largest absolute Gasteiger partial charge is 0.496 e. The van der Waals surface area contributed by atoms with Crippen molar-refractivity contribution in [3.63, 3.8) is 0 Å². The van der Waals surface area contributed by atoms with Gasteiger partial charge in [-0.1, -0.05) is 30.3 Å². The number of urea groups is 1. The third-order valence-electron chi connectivity index (χ3n) is 3.65. The zero-order chi connectivity index (χ0) is 14.3. The van der Waals surface area contributed by atoms with Crippen LogP contribution >= 0.6 is 0 Å². The second-order valence-corrected chi connectivity index (χ2v) is 4.76. The maximum Gasteiger partial charge on any atom is 0.323 e. The van der Waals surface area contributed by atoms with Gasteiger partial charge >= 0.3 is 6.03 Å². The molecule has 1 unspecified atom stereocenters. The molecule has 0 bridgehead atoms. The summed E-state index contributed by atoms with van der Waals surface area (Å²) in [5.74, 6) is 0.989. The molecule has 1 saturated heterocycles. The fourth-order valence-corrected chi connectivity index (χ4v) is 2.66. The molecule has 102 valence electrons. The Hall–Kier alpha value is -2.56. The molecule has 20 heavy (non-hydrogen) atoms. The molecule has 5 heteroatoms. The quantitative estimate of drug-likeness (QED) is 0.879. The first-order chi connectivity index (χ1) is 9.63. The molecule has 2 amide bonds. The van der Waals surface area contributed by atoms with Crippen LogP contribution in [0.2, 0.25) is 0 Å². The van der Waals surface area contributed by atoms with Gasteiger partial charge < -0.3 is 9.64 Å². The first kappa shape index (κ1) is 12.5. The predicted octanol–water partition coefficient (Wildman–Crippen LogP) is 2.52. The second kappa shape index (κ2) is 4.52. The average Bonchev–Trinajstić information content (AvgIpc) is 2.71. The maximum atomic E-state index is 11.7. The number of ether oxygens (including phenoxy) is 1. The Morgan fingerprint density at radius 2 is 1.90 bits per heavy atom. The molecule has 1 atom stereocenters. The standard InChI is InChI=1S/C15H15N3O2/c1-18-13(14(16)17-15(18)19)11-7-8-12(20-2)10-6-4-3-5-9(10)11/h3-8,13H,1-2H3,(H2,16,17,19). The molecule has 1 fully saturated rings. The molecular weight excluding hydrogens is 254 g/mol. The Labute approximate surface area is 116 Å². The highest BCUT2D eigenvalue weighted by Crippen LogP contribution is 2.34. The van der Waals surface area contributed by atoms with Gasteiger partial charge in [0.1, 0.15) is 17.6 Å². The molecule has 0 radical (unpaired) electrons. The maximum absolute atomic E-state index is 11.7. The lowest BCUT2D eigenvalue weighted by Gasteiger charge is -2.20. The van der Waals surface area contributed by atoms with Gasteiger partial charge in [0.25, 0.3) is 0 Å². The summed E-state index contributed by atoms with van der Waals surface area (Å²) < 4.78 is 5.37. The molecule has 1 aliphatic heterocycles. The van der Waals surface area contributed by atoms with Crippen LogP contribution in [0.15, 0.2) is 36.4 Å². The first-order valence-electron chi connectivity index (χ1n) is 6.31. The molecule has 0 aromatic heterocycles. The molecule has 1 aliphatic rings. The summed E-state index contributed by atoms with van der Waals surface area (Å²) in [7, 11) is 3.33. The minimum absolute atomic E-state index is 0.202. The van der Waals surface area contributed by atoms with E-state index >= 15 is 0 Å². The van der Waals surface area contributed by atoms with Gasteiger partial charge in [-0.3, -0.25) is 10.7 Å². The summed E-state index contributed by atoms with van der Waals surface area (Å²) in [6, 6.07) is 11.0. The van der Waals surface area contributed by atoms with Gasteiger partial charge in [-0.25, -0.2) is 4.79 Å². The Balaban J connectivity index is 2.23. The number of likely N-dealkylation sites (N-methyl/N-ethyl adjacent to an activating group) is 1. The van der Waals surface area contributed by atoms with E-state index in [1.165, 1.54) is 4.90 Å². The Morgan fingerprint density at radius 1 is 1.20 bits per heavy atom. The summed E-state index contributed by atoms with van der Waals surface area (Å²) in [5, 5.41) is 12.5. The molecule has 0 saturated carbocycles. The van der Waals surface area contributed by atoms with Gasteiger partial charge in [-0.2, -0.15) is 0 Å². The van der Waals surface area contributed by atoms with Crippen molar-refractivity contribution in [3.8, 4) is 5.75 Å². The van der Waals surface area contributed by atoms with Crippen molar-refractivity contribution in [3.05, 3.63) is 42.0 Å². The van der Waals surface area contributed by atoms with E-state index in [2.05, 4.69) is 5.32 Å². The number of carbonyl (C=O) groups excluding carboxylic acids is 1. The number of nitrogens with one attached hydrogen (secondary N) is 2. The summed E-state index contributed by atoms with van der Waals surface area (Å²) in [6.45, 7) is 0. The van der Waals surface area contributed by atoms with Crippen molar-refractivity contribution in [2.24, 2.45) is 0 Å². The van der Waals surface area contributed by atoms with Crippen LogP contribution in [0.3, 0.4) is 0 Å². The normalized spacial score (nSPS) is 18.5. The van der Waals surface area contributed by atoms with Gasteiger partial charge in [0.05, 0.1) is 7.11 Å². The number of carbonyl (C=O) groups is 1. The lowest BCUT2D eigenvalue weighted by molar-refractivity contribution is 0.217. The minimum atomic E-state index is -0.377. The van der Waals surface area contributed by atoms with Gasteiger partial charge in [0, 0.05) is 12.4 Å². The summed E-state index contributed by atoms with van der Waals surface area (Å²) >= 11 is 0. The number of hydrogen-bond donors (Lipinski definition) is 2. The molecule has 0 aliphatic carbocycles. The van der Waals surface area contributed by atoms with Crippen molar-refractivity contribution in [1.82, 2.24) is 10.2 Å². The third kappa shape index (κ3) is 1.71. The number of rotatable bonds is 2. The van der Waals surface area contributed by atoms with Crippen LogP contribution in [0.1, 0.15) is 11.6 Å². The minimum Gasteiger partial charge on any atom is -0.496 e. The Bertz CT molecular complexity index is 711. The zero-order valence-electron chi connectivity index (χ0n) is 11.3. The number of methoxy groups -OCH3 is 1. The van der Waals surface area contributed by atoms with Crippen LogP contribution in [0.5, 0.6) is 5.75 Å².